The molecule has 0 amide bonds. The summed E-state index contributed by atoms with van der Waals surface area (Å²) in [6, 6.07) is 2.39. The van der Waals surface area contributed by atoms with Crippen molar-refractivity contribution in [3.63, 3.8) is 0 Å². The summed E-state index contributed by atoms with van der Waals surface area (Å²) in [7, 11) is -1.51. The van der Waals surface area contributed by atoms with Gasteiger partial charge in [-0.1, -0.05) is 6.07 Å². The minimum Gasteiger partial charge on any atom is -0.391 e. The Hall–Kier alpha value is -2.52. The number of fused-ring (bicyclic) bond motifs is 2. The van der Waals surface area contributed by atoms with Crippen molar-refractivity contribution < 1.29 is 9.32 Å². The fraction of sp³-hybridized carbons (Fsp3) is 0.450. The molecule has 5 rings (SSSR count). The van der Waals surface area contributed by atoms with E-state index in [4.69, 9.17) is 0 Å². The molecule has 3 N–H and O–H groups in total. The number of rotatable bonds is 6. The number of hydrogen-bond acceptors (Lipinski definition) is 6. The molecule has 0 spiro atoms. The molecule has 0 saturated heterocycles. The molecule has 2 aromatic heterocycles. The van der Waals surface area contributed by atoms with Crippen molar-refractivity contribution in [1.29, 1.82) is 0 Å². The first-order valence-corrected chi connectivity index (χ1v) is 11.2. The topological polar surface area (TPSA) is 109 Å². The van der Waals surface area contributed by atoms with Crippen LogP contribution < -0.4 is 5.32 Å². The van der Waals surface area contributed by atoms with Crippen molar-refractivity contribution in [2.24, 2.45) is 0 Å². The third-order valence-corrected chi connectivity index (χ3v) is 6.80. The molecule has 9 heteroatoms. The summed E-state index contributed by atoms with van der Waals surface area (Å²) in [6.45, 7) is 2.04. The van der Waals surface area contributed by atoms with Gasteiger partial charge in [0.1, 0.15) is 10.8 Å². The van der Waals surface area contributed by atoms with Gasteiger partial charge in [-0.15, -0.1) is 5.10 Å². The minimum atomic E-state index is -1.51. The zero-order chi connectivity index (χ0) is 20.0. The maximum absolute atomic E-state index is 12.8. The van der Waals surface area contributed by atoms with Crippen LogP contribution in [0.2, 0.25) is 0 Å². The number of nitrogens with one attached hydrogen (secondary N) is 2. The molecule has 2 aliphatic rings. The molecular weight excluding hydrogens is 388 g/mol. The molecule has 8 nitrogen and oxygen atoms in total. The summed E-state index contributed by atoms with van der Waals surface area (Å²) in [5.41, 5.74) is 6.82. The van der Waals surface area contributed by atoms with Crippen LogP contribution in [-0.2, 0) is 43.0 Å². The number of H-pyrrole nitrogens is 1. The van der Waals surface area contributed by atoms with Crippen molar-refractivity contribution in [3.05, 3.63) is 40.7 Å². The van der Waals surface area contributed by atoms with Crippen LogP contribution >= 0.6 is 0 Å². The summed E-state index contributed by atoms with van der Waals surface area (Å²) in [5.74, 6) is 0.444. The summed E-state index contributed by atoms with van der Waals surface area (Å²) in [6.07, 6.45) is 9.48. The lowest BCUT2D eigenvalue weighted by molar-refractivity contribution is 0.168. The average molecular weight is 413 g/mol. The van der Waals surface area contributed by atoms with Gasteiger partial charge in [0.25, 0.3) is 0 Å². The number of aliphatic hydroxyl groups is 1. The van der Waals surface area contributed by atoms with Crippen molar-refractivity contribution in [3.8, 4) is 0 Å². The van der Waals surface area contributed by atoms with Crippen molar-refractivity contribution in [1.82, 2.24) is 25.0 Å². The van der Waals surface area contributed by atoms with Gasteiger partial charge in [-0.3, -0.25) is 4.68 Å². The molecule has 3 aromatic rings. The molecule has 2 heterocycles. The van der Waals surface area contributed by atoms with Gasteiger partial charge in [-0.2, -0.15) is 10.1 Å². The zero-order valence-electron chi connectivity index (χ0n) is 16.3. The van der Waals surface area contributed by atoms with Crippen LogP contribution in [0.3, 0.4) is 0 Å². The largest absolute Gasteiger partial charge is 0.391 e. The third-order valence-electron chi connectivity index (χ3n) is 5.63. The van der Waals surface area contributed by atoms with Gasteiger partial charge in [0.05, 0.1) is 23.7 Å². The fourth-order valence-corrected chi connectivity index (χ4v) is 5.27. The number of aryl methyl sites for hydroxylation is 2. The van der Waals surface area contributed by atoms with E-state index in [1.165, 1.54) is 41.3 Å². The molecule has 1 aromatic carbocycles. The maximum atomic E-state index is 12.8. The highest BCUT2D eigenvalue weighted by atomic mass is 32.2. The molecular formula is C20H24N6O2S. The van der Waals surface area contributed by atoms with E-state index in [1.54, 1.807) is 17.8 Å². The first-order chi connectivity index (χ1) is 14.1. The number of benzene rings is 1. The quantitative estimate of drug-likeness (QED) is 0.573. The SMILES string of the molecule is CC(O)Cn1cc(S(=O)c2nc(Nc3c4c(cc5c3CCC5)CCC4)n[nH]2)cn1. The van der Waals surface area contributed by atoms with E-state index in [0.717, 1.165) is 31.4 Å². The molecule has 2 aliphatic carbocycles. The normalized spacial score (nSPS) is 17.2. The van der Waals surface area contributed by atoms with Crippen molar-refractivity contribution >= 4 is 22.4 Å². The molecule has 2 unspecified atom stereocenters. The van der Waals surface area contributed by atoms with Crippen LogP contribution in [0.4, 0.5) is 11.6 Å². The Labute approximate surface area is 171 Å². The molecule has 29 heavy (non-hydrogen) atoms. The van der Waals surface area contributed by atoms with Crippen LogP contribution in [0.5, 0.6) is 0 Å². The van der Waals surface area contributed by atoms with Crippen LogP contribution in [0.1, 0.15) is 42.0 Å². The molecule has 0 saturated carbocycles. The first kappa shape index (κ1) is 18.5. The number of anilines is 2. The van der Waals surface area contributed by atoms with Gasteiger partial charge >= 0.3 is 0 Å². The highest BCUT2D eigenvalue weighted by molar-refractivity contribution is 7.84. The zero-order valence-corrected chi connectivity index (χ0v) is 17.1. The number of nitrogens with zero attached hydrogens (tertiary/aromatic N) is 4. The van der Waals surface area contributed by atoms with Gasteiger partial charge in [-0.25, -0.2) is 9.31 Å². The number of aliphatic hydroxyl groups excluding tert-OH is 1. The maximum Gasteiger partial charge on any atom is 0.247 e. The average Bonchev–Trinajstić information content (AvgIpc) is 3.47. The Morgan fingerprint density at radius 1 is 1.24 bits per heavy atom. The van der Waals surface area contributed by atoms with E-state index in [-0.39, 0.29) is 5.16 Å². The van der Waals surface area contributed by atoms with Gasteiger partial charge in [0.15, 0.2) is 0 Å². The third kappa shape index (κ3) is 3.49. The summed E-state index contributed by atoms with van der Waals surface area (Å²) >= 11 is 0. The molecule has 152 valence electrons. The monoisotopic (exact) mass is 412 g/mol. The lowest BCUT2D eigenvalue weighted by atomic mass is 9.99. The Balaban J connectivity index is 1.39. The molecule has 0 fully saturated rings. The fourth-order valence-electron chi connectivity index (χ4n) is 4.39. The Bertz CT molecular complexity index is 1050. The van der Waals surface area contributed by atoms with Gasteiger partial charge in [0, 0.05) is 11.9 Å². The second-order valence-electron chi connectivity index (χ2n) is 7.84. The molecule has 2 atom stereocenters. The number of hydrogen-bond donors (Lipinski definition) is 3. The number of aromatic nitrogens is 5. The van der Waals surface area contributed by atoms with E-state index in [1.807, 2.05) is 0 Å². The van der Waals surface area contributed by atoms with Crippen molar-refractivity contribution in [2.45, 2.75) is 68.1 Å². The van der Waals surface area contributed by atoms with Gasteiger partial charge < -0.3 is 10.4 Å². The summed E-state index contributed by atoms with van der Waals surface area (Å²) < 4.78 is 14.4. The highest BCUT2D eigenvalue weighted by Crippen LogP contribution is 2.39. The lowest BCUT2D eigenvalue weighted by Gasteiger charge is -2.15. The Kier molecular flexibility index (Phi) is 4.71. The van der Waals surface area contributed by atoms with E-state index in [9.17, 15) is 9.32 Å². The van der Waals surface area contributed by atoms with E-state index >= 15 is 0 Å². The van der Waals surface area contributed by atoms with Crippen LogP contribution in [0, 0.1) is 0 Å². The minimum absolute atomic E-state index is 0.285. The highest BCUT2D eigenvalue weighted by Gasteiger charge is 2.25. The smallest absolute Gasteiger partial charge is 0.247 e. The van der Waals surface area contributed by atoms with Crippen LogP contribution in [-0.4, -0.2) is 40.4 Å². The van der Waals surface area contributed by atoms with Gasteiger partial charge in [-0.05, 0) is 67.7 Å². The summed E-state index contributed by atoms with van der Waals surface area (Å²) in [4.78, 5) is 4.96. The Morgan fingerprint density at radius 3 is 2.66 bits per heavy atom. The Morgan fingerprint density at radius 2 is 1.97 bits per heavy atom. The van der Waals surface area contributed by atoms with Crippen molar-refractivity contribution in [2.75, 3.05) is 5.32 Å². The second kappa shape index (κ2) is 7.38. The molecule has 0 radical (unpaired) electrons. The second-order valence-corrected chi connectivity index (χ2v) is 9.23. The lowest BCUT2D eigenvalue weighted by Crippen LogP contribution is -2.11. The molecule has 0 bridgehead atoms. The predicted octanol–water partition coefficient (Wildman–Crippen LogP) is 2.27. The van der Waals surface area contributed by atoms with E-state index < -0.39 is 16.9 Å². The standard InChI is InChI=1S/C20H24N6O2S/c1-12(27)10-26-11-15(9-21-26)29(28)20-23-19(24-25-20)22-18-16-6-2-4-13(16)8-14-5-3-7-17(14)18/h8-9,11-12,27H,2-7,10H2,1H3,(H2,22,23,24,25). The van der Waals surface area contributed by atoms with E-state index in [0.29, 0.717) is 17.4 Å². The molecule has 0 aliphatic heterocycles. The van der Waals surface area contributed by atoms with Crippen LogP contribution in [0.15, 0.2) is 28.5 Å². The van der Waals surface area contributed by atoms with E-state index in [2.05, 4.69) is 31.7 Å². The summed E-state index contributed by atoms with van der Waals surface area (Å²) in [5, 5.41) is 24.4. The predicted molar refractivity (Wildman–Crippen MR) is 109 cm³/mol. The van der Waals surface area contributed by atoms with Gasteiger partial charge in [0.2, 0.25) is 11.1 Å². The first-order valence-electron chi connectivity index (χ1n) is 10.1. The number of aromatic amines is 1. The van der Waals surface area contributed by atoms with Crippen LogP contribution in [0.25, 0.3) is 0 Å².